The van der Waals surface area contributed by atoms with Gasteiger partial charge in [0.1, 0.15) is 24.2 Å². The molecule has 0 fully saturated rings. The molecule has 230 valence electrons. The predicted octanol–water partition coefficient (Wildman–Crippen LogP) is 5.38. The summed E-state index contributed by atoms with van der Waals surface area (Å²) in [4.78, 5) is 28.8. The zero-order valence-electron chi connectivity index (χ0n) is 24.5. The van der Waals surface area contributed by atoms with E-state index in [0.29, 0.717) is 5.75 Å². The molecule has 4 rings (SSSR count). The highest BCUT2D eigenvalue weighted by molar-refractivity contribution is 7.92. The van der Waals surface area contributed by atoms with Gasteiger partial charge in [0.2, 0.25) is 11.8 Å². The number of amides is 2. The van der Waals surface area contributed by atoms with E-state index in [1.54, 1.807) is 18.2 Å². The lowest BCUT2D eigenvalue weighted by molar-refractivity contribution is -0.139. The van der Waals surface area contributed by atoms with Crippen molar-refractivity contribution >= 4 is 39.1 Å². The Morgan fingerprint density at radius 1 is 0.955 bits per heavy atom. The van der Waals surface area contributed by atoms with Crippen LogP contribution in [-0.2, 0) is 32.6 Å². The summed E-state index contributed by atoms with van der Waals surface area (Å²) in [7, 11) is -1.44. The second-order valence-corrected chi connectivity index (χ2v) is 12.3. The fourth-order valence-corrected chi connectivity index (χ4v) is 6.37. The van der Waals surface area contributed by atoms with Crippen molar-refractivity contribution in [3.63, 3.8) is 0 Å². The number of hydrogen-bond donors (Lipinski definition) is 1. The third-order valence-corrected chi connectivity index (χ3v) is 9.21. The summed E-state index contributed by atoms with van der Waals surface area (Å²) in [5.41, 5.74) is 1.89. The maximum Gasteiger partial charge on any atom is 0.264 e. The molecule has 0 aliphatic heterocycles. The van der Waals surface area contributed by atoms with Gasteiger partial charge in [-0.05, 0) is 48.9 Å². The monoisotopic (exact) mass is 637 g/mol. The first-order valence-corrected chi connectivity index (χ1v) is 15.6. The summed E-state index contributed by atoms with van der Waals surface area (Å²) < 4.78 is 49.2. The summed E-state index contributed by atoms with van der Waals surface area (Å²) in [6, 6.07) is 24.5. The van der Waals surface area contributed by atoms with E-state index in [0.717, 1.165) is 15.4 Å². The molecule has 2 amide bonds. The third kappa shape index (κ3) is 7.56. The molecule has 0 aromatic heterocycles. The number of benzene rings is 4. The Hall–Kier alpha value is -4.41. The van der Waals surface area contributed by atoms with Crippen molar-refractivity contribution in [1.82, 2.24) is 10.2 Å². The molecule has 0 bridgehead atoms. The smallest absolute Gasteiger partial charge is 0.264 e. The van der Waals surface area contributed by atoms with Gasteiger partial charge >= 0.3 is 0 Å². The molecule has 44 heavy (non-hydrogen) atoms. The molecule has 0 aliphatic carbocycles. The van der Waals surface area contributed by atoms with Crippen LogP contribution < -0.4 is 14.4 Å². The number of anilines is 1. The first-order chi connectivity index (χ1) is 21.0. The minimum Gasteiger partial charge on any atom is -0.495 e. The van der Waals surface area contributed by atoms with Crippen LogP contribution in [0, 0.1) is 12.7 Å². The summed E-state index contributed by atoms with van der Waals surface area (Å²) >= 11 is 6.38. The number of methoxy groups -OCH3 is 1. The lowest BCUT2D eigenvalue weighted by Crippen LogP contribution is -2.53. The van der Waals surface area contributed by atoms with E-state index >= 15 is 0 Å². The van der Waals surface area contributed by atoms with Crippen molar-refractivity contribution in [3.8, 4) is 5.75 Å². The van der Waals surface area contributed by atoms with Crippen LogP contribution in [0.15, 0.2) is 102 Å². The molecule has 1 atom stereocenters. The lowest BCUT2D eigenvalue weighted by Gasteiger charge is -2.33. The van der Waals surface area contributed by atoms with Gasteiger partial charge in [-0.15, -0.1) is 0 Å². The van der Waals surface area contributed by atoms with Gasteiger partial charge in [0.25, 0.3) is 10.0 Å². The molecule has 1 N–H and O–H groups in total. The Labute approximate surface area is 262 Å². The van der Waals surface area contributed by atoms with E-state index < -0.39 is 40.2 Å². The molecule has 0 saturated heterocycles. The van der Waals surface area contributed by atoms with Crippen molar-refractivity contribution < 1.29 is 27.1 Å². The minimum atomic E-state index is -4.32. The van der Waals surface area contributed by atoms with Gasteiger partial charge in [0.05, 0.1) is 22.7 Å². The van der Waals surface area contributed by atoms with E-state index in [9.17, 15) is 22.4 Å². The molecule has 11 heteroatoms. The van der Waals surface area contributed by atoms with Crippen LogP contribution in [0.5, 0.6) is 5.75 Å². The maximum atomic E-state index is 14.9. The Morgan fingerprint density at radius 2 is 1.61 bits per heavy atom. The predicted molar refractivity (Wildman–Crippen MR) is 169 cm³/mol. The van der Waals surface area contributed by atoms with Gasteiger partial charge in [-0.2, -0.15) is 0 Å². The van der Waals surface area contributed by atoms with Crippen LogP contribution in [0.4, 0.5) is 10.1 Å². The highest BCUT2D eigenvalue weighted by Crippen LogP contribution is 2.32. The van der Waals surface area contributed by atoms with Crippen molar-refractivity contribution in [3.05, 3.63) is 125 Å². The second kappa shape index (κ2) is 14.4. The van der Waals surface area contributed by atoms with Gasteiger partial charge in [-0.25, -0.2) is 12.8 Å². The molecule has 8 nitrogen and oxygen atoms in total. The number of carbonyl (C=O) groups is 2. The van der Waals surface area contributed by atoms with E-state index in [1.165, 1.54) is 67.6 Å². The van der Waals surface area contributed by atoms with Gasteiger partial charge in [0.15, 0.2) is 0 Å². The Bertz CT molecular complexity index is 1720. The maximum absolute atomic E-state index is 14.9. The van der Waals surface area contributed by atoms with Crippen LogP contribution in [0.25, 0.3) is 0 Å². The topological polar surface area (TPSA) is 96.0 Å². The van der Waals surface area contributed by atoms with E-state index in [-0.39, 0.29) is 34.1 Å². The molecule has 4 aromatic rings. The molecule has 0 aliphatic rings. The molecule has 0 heterocycles. The van der Waals surface area contributed by atoms with Crippen molar-refractivity contribution in [1.29, 1.82) is 0 Å². The number of sulfonamides is 1. The number of halogens is 2. The van der Waals surface area contributed by atoms with E-state index in [1.807, 2.05) is 37.3 Å². The van der Waals surface area contributed by atoms with Gasteiger partial charge in [0, 0.05) is 25.6 Å². The molecule has 4 aromatic carbocycles. The summed E-state index contributed by atoms with van der Waals surface area (Å²) in [6.45, 7) is 0.848. The normalized spacial score (nSPS) is 11.8. The van der Waals surface area contributed by atoms with Gasteiger partial charge < -0.3 is 15.0 Å². The Kier molecular flexibility index (Phi) is 10.6. The molecular weight excluding hydrogens is 605 g/mol. The first kappa shape index (κ1) is 32.5. The third-order valence-electron chi connectivity index (χ3n) is 7.13. The SMILES string of the molecule is CNC(=O)[C@H](Cc1ccccc1)N(Cc1ccccc1F)C(=O)CN(c1ccc(OC)c(Cl)c1)S(=O)(=O)c1ccc(C)cc1. The number of hydrogen-bond acceptors (Lipinski definition) is 5. The van der Waals surface area contributed by atoms with Crippen LogP contribution >= 0.6 is 11.6 Å². The molecule has 0 spiro atoms. The fraction of sp³-hybridized carbons (Fsp3) is 0.212. The minimum absolute atomic E-state index is 0.0457. The number of nitrogens with zero attached hydrogens (tertiary/aromatic N) is 2. The largest absolute Gasteiger partial charge is 0.495 e. The highest BCUT2D eigenvalue weighted by atomic mass is 35.5. The first-order valence-electron chi connectivity index (χ1n) is 13.8. The zero-order chi connectivity index (χ0) is 31.9. The number of rotatable bonds is 12. The average Bonchev–Trinajstić information content (AvgIpc) is 3.02. The summed E-state index contributed by atoms with van der Waals surface area (Å²) in [5, 5.41) is 2.73. The Morgan fingerprint density at radius 3 is 2.23 bits per heavy atom. The summed E-state index contributed by atoms with van der Waals surface area (Å²) in [6.07, 6.45) is 0.111. The average molecular weight is 638 g/mol. The zero-order valence-corrected chi connectivity index (χ0v) is 26.1. The summed E-state index contributed by atoms with van der Waals surface area (Å²) in [5.74, 6) is -1.45. The number of ether oxygens (including phenoxy) is 1. The van der Waals surface area contributed by atoms with Crippen molar-refractivity contribution in [2.24, 2.45) is 0 Å². The number of likely N-dealkylation sites (N-methyl/N-ethyl adjacent to an activating group) is 1. The molecule has 0 saturated carbocycles. The van der Waals surface area contributed by atoms with E-state index in [2.05, 4.69) is 5.32 Å². The van der Waals surface area contributed by atoms with Crippen molar-refractivity contribution in [2.45, 2.75) is 30.8 Å². The highest BCUT2D eigenvalue weighted by Gasteiger charge is 2.35. The molecule has 0 unspecified atom stereocenters. The molecule has 0 radical (unpaired) electrons. The molecular formula is C33H33ClFN3O5S. The van der Waals surface area contributed by atoms with Crippen LogP contribution in [0.3, 0.4) is 0 Å². The Balaban J connectivity index is 1.82. The van der Waals surface area contributed by atoms with Crippen molar-refractivity contribution in [2.75, 3.05) is 25.0 Å². The second-order valence-electron chi connectivity index (χ2n) is 10.1. The number of aryl methyl sites for hydroxylation is 1. The van der Waals surface area contributed by atoms with Gasteiger partial charge in [-0.3, -0.25) is 13.9 Å². The quantitative estimate of drug-likeness (QED) is 0.225. The van der Waals surface area contributed by atoms with E-state index in [4.69, 9.17) is 16.3 Å². The van der Waals surface area contributed by atoms with Crippen LogP contribution in [-0.4, -0.2) is 51.9 Å². The number of nitrogens with one attached hydrogen (secondary N) is 1. The van der Waals surface area contributed by atoms with Crippen LogP contribution in [0.2, 0.25) is 5.02 Å². The lowest BCUT2D eigenvalue weighted by atomic mass is 10.0. The fourth-order valence-electron chi connectivity index (χ4n) is 4.71. The number of carbonyl (C=O) groups excluding carboxylic acids is 2. The van der Waals surface area contributed by atoms with Crippen LogP contribution in [0.1, 0.15) is 16.7 Å². The van der Waals surface area contributed by atoms with Gasteiger partial charge in [-0.1, -0.05) is 77.8 Å². The standard InChI is InChI=1S/C33H33ClFN3O5S/c1-23-13-16-27(17-14-23)44(41,42)38(26-15-18-31(43-3)28(34)20-26)22-32(39)37(21-25-11-7-8-12-29(25)35)30(33(40)36-2)19-24-9-5-4-6-10-24/h4-18,20,30H,19,21-22H2,1-3H3,(H,36,40)/t30-/m0/s1.